The molecule has 1 fully saturated rings. The zero-order chi connectivity index (χ0) is 29.0. The lowest BCUT2D eigenvalue weighted by atomic mass is 10.0. The Balaban J connectivity index is 1.05. The van der Waals surface area contributed by atoms with E-state index in [0.29, 0.717) is 18.7 Å². The smallest absolute Gasteiger partial charge is 0.489 e. The number of nitro groups is 1. The van der Waals surface area contributed by atoms with Crippen molar-refractivity contribution >= 4 is 17.6 Å². The van der Waals surface area contributed by atoms with Crippen LogP contribution in [0.3, 0.4) is 0 Å². The summed E-state index contributed by atoms with van der Waals surface area (Å²) in [5.41, 5.74) is 1.26. The summed E-state index contributed by atoms with van der Waals surface area (Å²) >= 11 is 0. The van der Waals surface area contributed by atoms with Crippen LogP contribution in [0.2, 0.25) is 0 Å². The molecule has 1 aromatic heterocycles. The molecule has 0 bridgehead atoms. The number of alkyl halides is 3. The van der Waals surface area contributed by atoms with Crippen molar-refractivity contribution in [3.8, 4) is 17.5 Å². The highest BCUT2D eigenvalue weighted by Crippen LogP contribution is 2.31. The lowest BCUT2D eigenvalue weighted by Crippen LogP contribution is -2.46. The van der Waals surface area contributed by atoms with Gasteiger partial charge in [0.1, 0.15) is 29.9 Å². The van der Waals surface area contributed by atoms with Crippen LogP contribution in [0, 0.1) is 10.1 Å². The van der Waals surface area contributed by atoms with Gasteiger partial charge in [-0.3, -0.25) is 9.47 Å². The summed E-state index contributed by atoms with van der Waals surface area (Å²) in [6.45, 7) is 6.98. The van der Waals surface area contributed by atoms with Crippen LogP contribution in [-0.2, 0) is 6.54 Å². The monoisotopic (exact) mass is 573 g/mol. The molecule has 13 heteroatoms. The van der Waals surface area contributed by atoms with E-state index in [-0.39, 0.29) is 24.2 Å². The molecule has 1 saturated heterocycles. The Bertz CT molecular complexity index is 1370. The molecule has 2 aromatic carbocycles. The minimum Gasteiger partial charge on any atom is -0.489 e. The molecular weight excluding hydrogens is 543 g/mol. The zero-order valence-electron chi connectivity index (χ0n) is 22.4. The Morgan fingerprint density at radius 1 is 1.05 bits per heavy atom. The van der Waals surface area contributed by atoms with Crippen LogP contribution in [0.4, 0.5) is 24.7 Å². The second kappa shape index (κ2) is 11.7. The van der Waals surface area contributed by atoms with Gasteiger partial charge < -0.3 is 29.2 Å². The fourth-order valence-corrected chi connectivity index (χ4v) is 4.74. The van der Waals surface area contributed by atoms with E-state index >= 15 is 0 Å². The molecule has 2 aliphatic heterocycles. The van der Waals surface area contributed by atoms with E-state index in [1.54, 1.807) is 16.7 Å². The van der Waals surface area contributed by atoms with E-state index in [9.17, 15) is 23.3 Å². The van der Waals surface area contributed by atoms with Gasteiger partial charge in [0.25, 0.3) is 0 Å². The first-order valence-corrected chi connectivity index (χ1v) is 13.2. The maximum Gasteiger partial charge on any atom is 0.573 e. The van der Waals surface area contributed by atoms with Crippen molar-refractivity contribution in [3.63, 3.8) is 0 Å². The maximum absolute atomic E-state index is 12.3. The van der Waals surface area contributed by atoms with Crippen LogP contribution in [0.25, 0.3) is 6.08 Å². The number of nitrogens with zero attached hydrogens (tertiary/aromatic N) is 5. The average Bonchev–Trinajstić information content (AvgIpc) is 3.36. The standard InChI is InChI=1S/C28H30F3N5O5/c1-27(12-14-35-19-25(36(37)38)32-26(35)41-27)20-39-23-10-6-22(7-11-23)34-17-15-33(16-18-34)13-2-3-21-4-8-24(9-5-21)40-28(29,30)31/h2-11,19H,12-18,20H2,1H3. The molecule has 0 saturated carbocycles. The molecule has 2 aliphatic rings. The van der Waals surface area contributed by atoms with Crippen molar-refractivity contribution in [1.82, 2.24) is 14.5 Å². The number of aryl methyl sites for hydroxylation is 1. The van der Waals surface area contributed by atoms with Gasteiger partial charge in [-0.25, -0.2) is 0 Å². The van der Waals surface area contributed by atoms with E-state index in [4.69, 9.17) is 9.47 Å². The number of halogens is 3. The van der Waals surface area contributed by atoms with E-state index < -0.39 is 16.9 Å². The van der Waals surface area contributed by atoms with Crippen LogP contribution < -0.4 is 19.1 Å². The van der Waals surface area contributed by atoms with Gasteiger partial charge in [0.2, 0.25) is 0 Å². The summed E-state index contributed by atoms with van der Waals surface area (Å²) in [6, 6.07) is 13.9. The molecule has 0 N–H and O–H groups in total. The normalized spacial score (nSPS) is 19.6. The van der Waals surface area contributed by atoms with Crippen molar-refractivity contribution < 1.29 is 32.3 Å². The molecule has 0 aliphatic carbocycles. The first-order chi connectivity index (χ1) is 19.6. The van der Waals surface area contributed by atoms with Crippen molar-refractivity contribution in [3.05, 3.63) is 76.5 Å². The molecule has 218 valence electrons. The molecule has 0 spiro atoms. The molecular formula is C28H30F3N5O5. The Morgan fingerprint density at radius 3 is 2.39 bits per heavy atom. The summed E-state index contributed by atoms with van der Waals surface area (Å²) < 4.78 is 54.4. The molecule has 0 amide bonds. The molecule has 10 nitrogen and oxygen atoms in total. The minimum absolute atomic E-state index is 0.229. The summed E-state index contributed by atoms with van der Waals surface area (Å²) in [5, 5.41) is 11.0. The van der Waals surface area contributed by atoms with Crippen LogP contribution in [-0.4, -0.2) is 70.7 Å². The van der Waals surface area contributed by atoms with Crippen molar-refractivity contribution in [2.24, 2.45) is 0 Å². The molecule has 1 atom stereocenters. The Morgan fingerprint density at radius 2 is 1.73 bits per heavy atom. The van der Waals surface area contributed by atoms with Gasteiger partial charge in [-0.05, 0) is 53.8 Å². The van der Waals surface area contributed by atoms with Crippen molar-refractivity contribution in [2.75, 3.05) is 44.2 Å². The van der Waals surface area contributed by atoms with Gasteiger partial charge in [-0.2, -0.15) is 0 Å². The van der Waals surface area contributed by atoms with Gasteiger partial charge in [0.15, 0.2) is 0 Å². The van der Waals surface area contributed by atoms with Gasteiger partial charge in [0.05, 0.1) is 0 Å². The van der Waals surface area contributed by atoms with E-state index in [1.807, 2.05) is 43.3 Å². The maximum atomic E-state index is 12.3. The average molecular weight is 574 g/mol. The second-order valence-electron chi connectivity index (χ2n) is 10.2. The molecule has 5 rings (SSSR count). The first kappa shape index (κ1) is 28.3. The van der Waals surface area contributed by atoms with Gasteiger partial charge in [-0.1, -0.05) is 24.3 Å². The molecule has 0 radical (unpaired) electrons. The highest BCUT2D eigenvalue weighted by atomic mass is 19.4. The molecule has 3 aromatic rings. The molecule has 41 heavy (non-hydrogen) atoms. The number of aromatic nitrogens is 2. The quantitative estimate of drug-likeness (QED) is 0.257. The third-order valence-electron chi connectivity index (χ3n) is 7.04. The summed E-state index contributed by atoms with van der Waals surface area (Å²) in [4.78, 5) is 19.0. The van der Waals surface area contributed by atoms with E-state index in [1.165, 1.54) is 18.3 Å². The number of ether oxygens (including phenoxy) is 3. The number of rotatable bonds is 9. The van der Waals surface area contributed by atoms with Gasteiger partial charge >= 0.3 is 18.2 Å². The van der Waals surface area contributed by atoms with Crippen LogP contribution in [0.15, 0.2) is 60.8 Å². The van der Waals surface area contributed by atoms with Crippen LogP contribution >= 0.6 is 0 Å². The highest BCUT2D eigenvalue weighted by molar-refractivity contribution is 5.51. The number of piperazine rings is 1. The minimum atomic E-state index is -4.69. The van der Waals surface area contributed by atoms with Crippen LogP contribution in [0.5, 0.6) is 17.5 Å². The number of benzene rings is 2. The number of hydrogen-bond acceptors (Lipinski definition) is 8. The zero-order valence-corrected chi connectivity index (χ0v) is 22.4. The highest BCUT2D eigenvalue weighted by Gasteiger charge is 2.37. The van der Waals surface area contributed by atoms with Crippen molar-refractivity contribution in [2.45, 2.75) is 31.9 Å². The van der Waals surface area contributed by atoms with E-state index in [2.05, 4.69) is 19.5 Å². The number of fused-ring (bicyclic) bond motifs is 1. The Labute approximate surface area is 234 Å². The SMILES string of the molecule is CC1(COc2ccc(N3CCN(CC=Cc4ccc(OC(F)(F)F)cc4)CC3)cc2)CCn2cc([N+](=O)[O-])nc2O1. The number of hydrogen-bond donors (Lipinski definition) is 0. The summed E-state index contributed by atoms with van der Waals surface area (Å²) in [7, 11) is 0. The summed E-state index contributed by atoms with van der Waals surface area (Å²) in [5.74, 6) is 0.243. The largest absolute Gasteiger partial charge is 0.573 e. The second-order valence-corrected chi connectivity index (χ2v) is 10.2. The number of anilines is 1. The Hall–Kier alpha value is -4.26. The topological polar surface area (TPSA) is 95.1 Å². The number of imidazole rings is 1. The van der Waals surface area contributed by atoms with Crippen molar-refractivity contribution in [1.29, 1.82) is 0 Å². The predicted octanol–water partition coefficient (Wildman–Crippen LogP) is 5.15. The van der Waals surface area contributed by atoms with Crippen LogP contribution in [0.1, 0.15) is 18.9 Å². The van der Waals surface area contributed by atoms with Gasteiger partial charge in [0, 0.05) is 56.4 Å². The van der Waals surface area contributed by atoms with Gasteiger partial charge in [-0.15, -0.1) is 13.2 Å². The third-order valence-corrected chi connectivity index (χ3v) is 7.04. The lowest BCUT2D eigenvalue weighted by Gasteiger charge is -2.35. The fraction of sp³-hybridized carbons (Fsp3) is 0.393. The summed E-state index contributed by atoms with van der Waals surface area (Å²) in [6.07, 6.45) is 1.22. The predicted molar refractivity (Wildman–Crippen MR) is 145 cm³/mol. The molecule has 3 heterocycles. The molecule has 1 unspecified atom stereocenters. The third kappa shape index (κ3) is 7.48. The first-order valence-electron chi connectivity index (χ1n) is 13.2. The van der Waals surface area contributed by atoms with E-state index in [0.717, 1.165) is 44.0 Å². The fourth-order valence-electron chi connectivity index (χ4n) is 4.74. The Kier molecular flexibility index (Phi) is 8.06. The lowest BCUT2D eigenvalue weighted by molar-refractivity contribution is -0.389.